The van der Waals surface area contributed by atoms with Crippen LogP contribution < -0.4 is 5.73 Å². The molecule has 118 valence electrons. The molecular weight excluding hydrogens is 246 g/mol. The molecular formula is C18H35NO. The SMILES string of the molecule is C1CCCCC1.CC.CN.COCCc1ccccc1. The molecule has 0 amide bonds. The maximum atomic E-state index is 4.95. The molecule has 0 bridgehead atoms. The quantitative estimate of drug-likeness (QED) is 0.862. The number of hydrogen-bond acceptors (Lipinski definition) is 2. The van der Waals surface area contributed by atoms with Gasteiger partial charge in [0.25, 0.3) is 0 Å². The van der Waals surface area contributed by atoms with Crippen LogP contribution in [0.3, 0.4) is 0 Å². The molecule has 1 aromatic rings. The second kappa shape index (κ2) is 20.5. The third kappa shape index (κ3) is 15.2. The van der Waals surface area contributed by atoms with E-state index >= 15 is 0 Å². The first-order valence-electron chi connectivity index (χ1n) is 8.04. The van der Waals surface area contributed by atoms with Gasteiger partial charge in [-0.3, -0.25) is 0 Å². The predicted molar refractivity (Wildman–Crippen MR) is 91.2 cm³/mol. The van der Waals surface area contributed by atoms with E-state index in [1.807, 2.05) is 32.0 Å². The number of benzene rings is 1. The summed E-state index contributed by atoms with van der Waals surface area (Å²) in [4.78, 5) is 0. The molecule has 0 aliphatic heterocycles. The van der Waals surface area contributed by atoms with E-state index in [2.05, 4.69) is 17.9 Å². The van der Waals surface area contributed by atoms with Gasteiger partial charge in [-0.1, -0.05) is 82.7 Å². The van der Waals surface area contributed by atoms with Gasteiger partial charge < -0.3 is 10.5 Å². The van der Waals surface area contributed by atoms with Crippen LogP contribution >= 0.6 is 0 Å². The summed E-state index contributed by atoms with van der Waals surface area (Å²) in [6.45, 7) is 4.81. The van der Waals surface area contributed by atoms with E-state index in [1.54, 1.807) is 7.11 Å². The van der Waals surface area contributed by atoms with E-state index in [9.17, 15) is 0 Å². The highest BCUT2D eigenvalue weighted by Crippen LogP contribution is 2.15. The van der Waals surface area contributed by atoms with Gasteiger partial charge in [0.2, 0.25) is 0 Å². The van der Waals surface area contributed by atoms with Crippen LogP contribution in [0, 0.1) is 0 Å². The van der Waals surface area contributed by atoms with Crippen molar-refractivity contribution in [2.24, 2.45) is 5.73 Å². The van der Waals surface area contributed by atoms with Gasteiger partial charge in [0, 0.05) is 7.11 Å². The lowest BCUT2D eigenvalue weighted by atomic mass is 10.0. The van der Waals surface area contributed by atoms with E-state index in [4.69, 9.17) is 4.74 Å². The van der Waals surface area contributed by atoms with Crippen LogP contribution in [-0.2, 0) is 11.2 Å². The molecule has 0 saturated heterocycles. The molecule has 1 aromatic carbocycles. The predicted octanol–water partition coefficient (Wildman–Crippen LogP) is 4.82. The largest absolute Gasteiger partial charge is 0.384 e. The summed E-state index contributed by atoms with van der Waals surface area (Å²) in [6, 6.07) is 10.3. The van der Waals surface area contributed by atoms with Crippen LogP contribution in [0.5, 0.6) is 0 Å². The normalized spacial score (nSPS) is 12.7. The average molecular weight is 281 g/mol. The topological polar surface area (TPSA) is 35.2 Å². The molecule has 2 rings (SSSR count). The summed E-state index contributed by atoms with van der Waals surface area (Å²) >= 11 is 0. The van der Waals surface area contributed by atoms with E-state index in [0.29, 0.717) is 0 Å². The molecule has 1 aliphatic rings. The standard InChI is InChI=1S/C9H12O.C6H12.C2H6.CH5N/c1-10-8-7-9-5-3-2-4-6-9;1-2-4-6-5-3-1;2*1-2/h2-6H,7-8H2,1H3;1-6H2;1-2H3;2H2,1H3. The Labute approximate surface area is 126 Å². The van der Waals surface area contributed by atoms with Crippen molar-refractivity contribution in [1.29, 1.82) is 0 Å². The first kappa shape index (κ1) is 21.4. The van der Waals surface area contributed by atoms with Crippen LogP contribution in [0.2, 0.25) is 0 Å². The fourth-order valence-electron chi connectivity index (χ4n) is 1.93. The van der Waals surface area contributed by atoms with Gasteiger partial charge in [-0.2, -0.15) is 0 Å². The van der Waals surface area contributed by atoms with Crippen LogP contribution in [0.4, 0.5) is 0 Å². The number of hydrogen-bond donors (Lipinski definition) is 1. The lowest BCUT2D eigenvalue weighted by Gasteiger charge is -2.05. The first-order valence-corrected chi connectivity index (χ1v) is 8.04. The second-order valence-corrected chi connectivity index (χ2v) is 4.35. The van der Waals surface area contributed by atoms with Crippen LogP contribution in [0.1, 0.15) is 57.9 Å². The first-order chi connectivity index (χ1) is 9.93. The highest BCUT2D eigenvalue weighted by molar-refractivity contribution is 5.14. The Kier molecular flexibility index (Phi) is 21.9. The smallest absolute Gasteiger partial charge is 0.0502 e. The Morgan fingerprint density at radius 3 is 1.60 bits per heavy atom. The zero-order valence-corrected chi connectivity index (χ0v) is 14.0. The van der Waals surface area contributed by atoms with Crippen LogP contribution in [-0.4, -0.2) is 20.8 Å². The van der Waals surface area contributed by atoms with Crippen molar-refractivity contribution in [1.82, 2.24) is 0 Å². The van der Waals surface area contributed by atoms with Gasteiger partial charge in [-0.15, -0.1) is 0 Å². The minimum atomic E-state index is 0.810. The van der Waals surface area contributed by atoms with Crippen molar-refractivity contribution in [3.8, 4) is 0 Å². The van der Waals surface area contributed by atoms with E-state index in [-0.39, 0.29) is 0 Å². The third-order valence-electron chi connectivity index (χ3n) is 2.94. The molecule has 1 fully saturated rings. The minimum absolute atomic E-state index is 0.810. The van der Waals surface area contributed by atoms with Crippen LogP contribution in [0.15, 0.2) is 30.3 Å². The Morgan fingerprint density at radius 1 is 0.850 bits per heavy atom. The fourth-order valence-corrected chi connectivity index (χ4v) is 1.93. The van der Waals surface area contributed by atoms with Gasteiger partial charge in [-0.25, -0.2) is 0 Å². The van der Waals surface area contributed by atoms with Crippen molar-refractivity contribution in [2.45, 2.75) is 58.8 Å². The maximum Gasteiger partial charge on any atom is 0.0502 e. The van der Waals surface area contributed by atoms with Crippen molar-refractivity contribution in [3.63, 3.8) is 0 Å². The Bertz CT molecular complexity index is 233. The fraction of sp³-hybridized carbons (Fsp3) is 0.667. The van der Waals surface area contributed by atoms with Gasteiger partial charge in [0.1, 0.15) is 0 Å². The summed E-state index contributed by atoms with van der Waals surface area (Å²) in [6.07, 6.45) is 10.0. The van der Waals surface area contributed by atoms with Crippen molar-refractivity contribution in [2.75, 3.05) is 20.8 Å². The highest BCUT2D eigenvalue weighted by atomic mass is 16.5. The van der Waals surface area contributed by atoms with Gasteiger partial charge >= 0.3 is 0 Å². The van der Waals surface area contributed by atoms with Gasteiger partial charge in [0.05, 0.1) is 6.61 Å². The average Bonchev–Trinajstić information content (AvgIpc) is 2.60. The summed E-state index contributed by atoms with van der Waals surface area (Å²) in [5, 5.41) is 0. The number of rotatable bonds is 3. The Hall–Kier alpha value is -0.860. The molecule has 1 saturated carbocycles. The van der Waals surface area contributed by atoms with E-state index < -0.39 is 0 Å². The third-order valence-corrected chi connectivity index (χ3v) is 2.94. The minimum Gasteiger partial charge on any atom is -0.384 e. The molecule has 2 nitrogen and oxygen atoms in total. The zero-order valence-electron chi connectivity index (χ0n) is 14.0. The van der Waals surface area contributed by atoms with Crippen molar-refractivity contribution in [3.05, 3.63) is 35.9 Å². The molecule has 0 unspecified atom stereocenters. The van der Waals surface area contributed by atoms with Gasteiger partial charge in [-0.05, 0) is 19.0 Å². The molecule has 0 heterocycles. The highest BCUT2D eigenvalue weighted by Gasteiger charge is 1.95. The number of methoxy groups -OCH3 is 1. The summed E-state index contributed by atoms with van der Waals surface area (Å²) in [5.74, 6) is 0. The van der Waals surface area contributed by atoms with Crippen molar-refractivity contribution >= 4 is 0 Å². The van der Waals surface area contributed by atoms with E-state index in [1.165, 1.54) is 51.1 Å². The molecule has 0 aromatic heterocycles. The second-order valence-electron chi connectivity index (χ2n) is 4.35. The Balaban J connectivity index is 0. The Morgan fingerprint density at radius 2 is 1.25 bits per heavy atom. The molecule has 2 N–H and O–H groups in total. The lowest BCUT2D eigenvalue weighted by molar-refractivity contribution is 0.202. The number of ether oxygens (including phenoxy) is 1. The molecule has 2 heteroatoms. The van der Waals surface area contributed by atoms with Crippen molar-refractivity contribution < 1.29 is 4.74 Å². The monoisotopic (exact) mass is 281 g/mol. The van der Waals surface area contributed by atoms with E-state index in [0.717, 1.165) is 13.0 Å². The summed E-state index contributed by atoms with van der Waals surface area (Å²) in [7, 11) is 3.23. The maximum absolute atomic E-state index is 4.95. The molecule has 0 radical (unpaired) electrons. The van der Waals surface area contributed by atoms with Crippen LogP contribution in [0.25, 0.3) is 0 Å². The lowest BCUT2D eigenvalue weighted by Crippen LogP contribution is -1.92. The molecule has 0 spiro atoms. The molecule has 20 heavy (non-hydrogen) atoms. The zero-order chi connectivity index (χ0) is 15.5. The molecule has 0 atom stereocenters. The summed E-state index contributed by atoms with van der Waals surface area (Å²) in [5.41, 5.74) is 5.84. The molecule has 1 aliphatic carbocycles. The number of nitrogens with two attached hydrogens (primary N) is 1. The summed E-state index contributed by atoms with van der Waals surface area (Å²) < 4.78 is 4.95. The van der Waals surface area contributed by atoms with Gasteiger partial charge in [0.15, 0.2) is 0 Å².